The van der Waals surface area contributed by atoms with E-state index in [1.165, 1.54) is 35.0 Å². The van der Waals surface area contributed by atoms with E-state index in [1.807, 2.05) is 0 Å². The lowest BCUT2D eigenvalue weighted by molar-refractivity contribution is 0.1000. The number of anilines is 1. The topological polar surface area (TPSA) is 105 Å². The fraction of sp³-hybridized carbons (Fsp3) is 0.231. The molecule has 0 aliphatic heterocycles. The van der Waals surface area contributed by atoms with Gasteiger partial charge in [-0.05, 0) is 17.5 Å². The summed E-state index contributed by atoms with van der Waals surface area (Å²) in [7, 11) is -1.98. The van der Waals surface area contributed by atoms with Crippen LogP contribution in [0.5, 0.6) is 0 Å². The van der Waals surface area contributed by atoms with E-state index in [2.05, 4.69) is 10.3 Å². The number of nitrogens with zero attached hydrogens (tertiary/aromatic N) is 2. The third kappa shape index (κ3) is 4.20. The molecule has 2 rings (SSSR count). The average Bonchev–Trinajstić information content (AvgIpc) is 3.03. The van der Waals surface area contributed by atoms with Crippen LogP contribution in [0.15, 0.2) is 34.0 Å². The Hall–Kier alpha value is -1.68. The molecule has 2 heterocycles. The molecule has 2 aromatic heterocycles. The second-order valence-corrected chi connectivity index (χ2v) is 8.23. The van der Waals surface area contributed by atoms with Gasteiger partial charge in [0.25, 0.3) is 10.0 Å². The van der Waals surface area contributed by atoms with Crippen molar-refractivity contribution >= 4 is 44.7 Å². The van der Waals surface area contributed by atoms with Crippen molar-refractivity contribution < 1.29 is 13.2 Å². The number of thiophene rings is 1. The maximum Gasteiger partial charge on any atom is 0.252 e. The van der Waals surface area contributed by atoms with Gasteiger partial charge in [0, 0.05) is 26.3 Å². The molecule has 2 aromatic rings. The van der Waals surface area contributed by atoms with Gasteiger partial charge in [0.05, 0.1) is 10.6 Å². The zero-order valence-corrected chi connectivity index (χ0v) is 14.6. The van der Waals surface area contributed by atoms with Crippen molar-refractivity contribution in [3.8, 4) is 0 Å². The zero-order chi connectivity index (χ0) is 17.0. The number of aromatic nitrogens is 1. The maximum absolute atomic E-state index is 12.2. The van der Waals surface area contributed by atoms with E-state index in [0.29, 0.717) is 16.6 Å². The third-order valence-corrected chi connectivity index (χ3v) is 6.52. The van der Waals surface area contributed by atoms with E-state index in [4.69, 9.17) is 17.3 Å². The zero-order valence-electron chi connectivity index (χ0n) is 12.2. The molecule has 0 saturated heterocycles. The average molecular weight is 375 g/mol. The Morgan fingerprint density at radius 3 is 2.83 bits per heavy atom. The number of hydrogen-bond donors (Lipinski definition) is 2. The number of nitrogens with two attached hydrogens (primary N) is 1. The van der Waals surface area contributed by atoms with Crippen molar-refractivity contribution in [2.75, 3.05) is 25.5 Å². The summed E-state index contributed by atoms with van der Waals surface area (Å²) in [6.45, 7) is 0.541. The van der Waals surface area contributed by atoms with Gasteiger partial charge in [-0.2, -0.15) is 4.31 Å². The van der Waals surface area contributed by atoms with Crippen LogP contribution in [-0.2, 0) is 10.0 Å². The maximum atomic E-state index is 12.2. The van der Waals surface area contributed by atoms with Crippen LogP contribution in [0.3, 0.4) is 0 Å². The molecule has 7 nitrogen and oxygen atoms in total. The Kier molecular flexibility index (Phi) is 5.58. The van der Waals surface area contributed by atoms with Crippen LogP contribution in [0.25, 0.3) is 0 Å². The minimum atomic E-state index is -3.48. The Balaban J connectivity index is 1.96. The van der Waals surface area contributed by atoms with Gasteiger partial charge >= 0.3 is 0 Å². The molecule has 10 heteroatoms. The number of sulfonamides is 1. The molecule has 0 saturated carbocycles. The Morgan fingerprint density at radius 1 is 1.52 bits per heavy atom. The second kappa shape index (κ2) is 7.26. The number of likely N-dealkylation sites (N-methyl/N-ethyl adjacent to an activating group) is 1. The number of primary amides is 1. The molecule has 0 aliphatic rings. The number of carbonyl (C=O) groups is 1. The van der Waals surface area contributed by atoms with E-state index >= 15 is 0 Å². The smallest absolute Gasteiger partial charge is 0.252 e. The SMILES string of the molecule is CN(CCNc1ncc(C(N)=O)cc1Cl)S(=O)(=O)c1cccs1. The van der Waals surface area contributed by atoms with Crippen molar-refractivity contribution in [3.05, 3.63) is 40.4 Å². The predicted molar refractivity (Wildman–Crippen MR) is 90.4 cm³/mol. The van der Waals surface area contributed by atoms with Crippen molar-refractivity contribution in [2.45, 2.75) is 4.21 Å². The van der Waals surface area contributed by atoms with Gasteiger partial charge in [0.2, 0.25) is 5.91 Å². The van der Waals surface area contributed by atoms with Crippen molar-refractivity contribution in [3.63, 3.8) is 0 Å². The van der Waals surface area contributed by atoms with Crippen LogP contribution >= 0.6 is 22.9 Å². The first-order valence-corrected chi connectivity index (χ1v) is 9.21. The molecular weight excluding hydrogens is 360 g/mol. The van der Waals surface area contributed by atoms with E-state index < -0.39 is 15.9 Å². The van der Waals surface area contributed by atoms with Crippen LogP contribution in [0.1, 0.15) is 10.4 Å². The van der Waals surface area contributed by atoms with Gasteiger partial charge in [0.15, 0.2) is 0 Å². The molecule has 0 fully saturated rings. The molecule has 0 aromatic carbocycles. The number of amides is 1. The quantitative estimate of drug-likeness (QED) is 0.766. The molecule has 3 N–H and O–H groups in total. The molecule has 0 unspecified atom stereocenters. The van der Waals surface area contributed by atoms with E-state index in [9.17, 15) is 13.2 Å². The van der Waals surface area contributed by atoms with Crippen LogP contribution < -0.4 is 11.1 Å². The molecule has 0 bridgehead atoms. The summed E-state index contributed by atoms with van der Waals surface area (Å²) >= 11 is 7.16. The highest BCUT2D eigenvalue weighted by Crippen LogP contribution is 2.21. The van der Waals surface area contributed by atoms with Crippen LogP contribution in [-0.4, -0.2) is 43.8 Å². The standard InChI is InChI=1S/C13H15ClN4O3S2/c1-18(23(20,21)11-3-2-6-22-11)5-4-16-13-10(14)7-9(8-17-13)12(15)19/h2-3,6-8H,4-5H2,1H3,(H2,15,19)(H,16,17). The van der Waals surface area contributed by atoms with Crippen LogP contribution in [0, 0.1) is 0 Å². The summed E-state index contributed by atoms with van der Waals surface area (Å²) < 4.78 is 26.0. The number of pyridine rings is 1. The first-order chi connectivity index (χ1) is 10.8. The lowest BCUT2D eigenvalue weighted by Gasteiger charge is -2.16. The van der Waals surface area contributed by atoms with E-state index in [0.717, 1.165) is 0 Å². The van der Waals surface area contributed by atoms with Crippen LogP contribution in [0.4, 0.5) is 5.82 Å². The summed E-state index contributed by atoms with van der Waals surface area (Å²) in [4.78, 5) is 15.0. The van der Waals surface area contributed by atoms with E-state index in [-0.39, 0.29) is 17.1 Å². The Morgan fingerprint density at radius 2 is 2.26 bits per heavy atom. The first-order valence-electron chi connectivity index (χ1n) is 6.51. The van der Waals surface area contributed by atoms with Gasteiger partial charge in [-0.25, -0.2) is 13.4 Å². The van der Waals surface area contributed by atoms with Gasteiger partial charge in [-0.15, -0.1) is 11.3 Å². The highest BCUT2D eigenvalue weighted by molar-refractivity contribution is 7.91. The minimum absolute atomic E-state index is 0.206. The molecule has 0 aliphatic carbocycles. The summed E-state index contributed by atoms with van der Waals surface area (Å²) in [5.74, 6) is -0.258. The highest BCUT2D eigenvalue weighted by Gasteiger charge is 2.21. The van der Waals surface area contributed by atoms with Crippen molar-refractivity contribution in [1.29, 1.82) is 0 Å². The fourth-order valence-electron chi connectivity index (χ4n) is 1.72. The lowest BCUT2D eigenvalue weighted by atomic mass is 10.3. The van der Waals surface area contributed by atoms with Gasteiger partial charge in [0.1, 0.15) is 10.0 Å². The normalized spacial score (nSPS) is 11.6. The number of nitrogens with one attached hydrogen (secondary N) is 1. The minimum Gasteiger partial charge on any atom is -0.368 e. The fourth-order valence-corrected chi connectivity index (χ4v) is 4.32. The highest BCUT2D eigenvalue weighted by atomic mass is 35.5. The van der Waals surface area contributed by atoms with E-state index in [1.54, 1.807) is 17.5 Å². The number of halogens is 1. The predicted octanol–water partition coefficient (Wildman–Crippen LogP) is 1.63. The molecule has 23 heavy (non-hydrogen) atoms. The van der Waals surface area contributed by atoms with Gasteiger partial charge < -0.3 is 11.1 Å². The largest absolute Gasteiger partial charge is 0.368 e. The Bertz CT molecular complexity index is 794. The second-order valence-electron chi connectivity index (χ2n) is 4.60. The molecular formula is C13H15ClN4O3S2. The molecule has 0 atom stereocenters. The number of hydrogen-bond acceptors (Lipinski definition) is 6. The van der Waals surface area contributed by atoms with Gasteiger partial charge in [-0.3, -0.25) is 4.79 Å². The summed E-state index contributed by atoms with van der Waals surface area (Å²) in [5, 5.41) is 4.88. The number of rotatable bonds is 7. The van der Waals surface area contributed by atoms with Crippen LogP contribution in [0.2, 0.25) is 5.02 Å². The monoisotopic (exact) mass is 374 g/mol. The Labute approximate surface area is 143 Å². The summed E-state index contributed by atoms with van der Waals surface area (Å²) in [6, 6.07) is 4.66. The summed E-state index contributed by atoms with van der Waals surface area (Å²) in [5.41, 5.74) is 5.34. The number of carbonyl (C=O) groups excluding carboxylic acids is 1. The molecule has 0 radical (unpaired) electrons. The van der Waals surface area contributed by atoms with Gasteiger partial charge in [-0.1, -0.05) is 17.7 Å². The first kappa shape index (κ1) is 17.7. The third-order valence-electron chi connectivity index (χ3n) is 3.00. The van der Waals surface area contributed by atoms with Crippen molar-refractivity contribution in [1.82, 2.24) is 9.29 Å². The molecule has 124 valence electrons. The molecule has 0 spiro atoms. The van der Waals surface area contributed by atoms with Crippen molar-refractivity contribution in [2.24, 2.45) is 5.73 Å². The molecule has 1 amide bonds. The summed E-state index contributed by atoms with van der Waals surface area (Å²) in [6.07, 6.45) is 1.31. The lowest BCUT2D eigenvalue weighted by Crippen LogP contribution is -2.31.